The first-order valence-electron chi connectivity index (χ1n) is 8.01. The molecule has 1 heterocycles. The predicted octanol–water partition coefficient (Wildman–Crippen LogP) is 3.84. The Hall–Kier alpha value is -1.61. The Morgan fingerprint density at radius 3 is 2.62 bits per heavy atom. The zero-order valence-corrected chi connectivity index (χ0v) is 12.7. The number of aliphatic hydroxyl groups is 1. The quantitative estimate of drug-likeness (QED) is 0.926. The standard InChI is InChI=1S/C18H24N2O/c1-2-12-20-14-17(13-19-20)18(21)10-8-16(9-11-18)15-6-4-3-5-7-15/h3-7,13-14,16,21H,2,8-12H2,1H3. The Bertz CT molecular complexity index is 568. The molecule has 0 aliphatic heterocycles. The molecule has 1 N–H and O–H groups in total. The summed E-state index contributed by atoms with van der Waals surface area (Å²) in [6.45, 7) is 3.06. The van der Waals surface area contributed by atoms with E-state index in [1.165, 1.54) is 5.56 Å². The van der Waals surface area contributed by atoms with Crippen LogP contribution >= 0.6 is 0 Å². The lowest BCUT2D eigenvalue weighted by molar-refractivity contribution is -0.00574. The fraction of sp³-hybridized carbons (Fsp3) is 0.500. The first kappa shape index (κ1) is 14.3. The molecule has 0 bridgehead atoms. The maximum absolute atomic E-state index is 10.9. The van der Waals surface area contributed by atoms with Crippen molar-refractivity contribution in [1.82, 2.24) is 9.78 Å². The monoisotopic (exact) mass is 284 g/mol. The second-order valence-electron chi connectivity index (χ2n) is 6.21. The van der Waals surface area contributed by atoms with E-state index in [0.717, 1.165) is 44.2 Å². The van der Waals surface area contributed by atoms with Crippen molar-refractivity contribution in [3.05, 3.63) is 53.9 Å². The van der Waals surface area contributed by atoms with Crippen LogP contribution in [0.15, 0.2) is 42.7 Å². The van der Waals surface area contributed by atoms with Gasteiger partial charge in [0.2, 0.25) is 0 Å². The second-order valence-corrected chi connectivity index (χ2v) is 6.21. The Balaban J connectivity index is 1.68. The summed E-state index contributed by atoms with van der Waals surface area (Å²) in [4.78, 5) is 0. The topological polar surface area (TPSA) is 38.0 Å². The van der Waals surface area contributed by atoms with Crippen LogP contribution in [0.4, 0.5) is 0 Å². The zero-order chi connectivity index (χ0) is 14.7. The van der Waals surface area contributed by atoms with Gasteiger partial charge in [-0.25, -0.2) is 0 Å². The molecule has 21 heavy (non-hydrogen) atoms. The summed E-state index contributed by atoms with van der Waals surface area (Å²) >= 11 is 0. The van der Waals surface area contributed by atoms with Crippen LogP contribution in [0.25, 0.3) is 0 Å². The minimum absolute atomic E-state index is 0.581. The van der Waals surface area contributed by atoms with E-state index in [9.17, 15) is 5.11 Å². The molecule has 0 spiro atoms. The first-order chi connectivity index (χ1) is 10.2. The molecule has 3 nitrogen and oxygen atoms in total. The van der Waals surface area contributed by atoms with E-state index in [2.05, 4.69) is 42.4 Å². The van der Waals surface area contributed by atoms with Crippen LogP contribution in [0.1, 0.15) is 56.1 Å². The van der Waals surface area contributed by atoms with Crippen molar-refractivity contribution in [3.8, 4) is 0 Å². The van der Waals surface area contributed by atoms with Crippen molar-refractivity contribution in [3.63, 3.8) is 0 Å². The SMILES string of the molecule is CCCn1cc(C2(O)CCC(c3ccccc3)CC2)cn1. The van der Waals surface area contributed by atoms with E-state index in [1.807, 2.05) is 17.1 Å². The summed E-state index contributed by atoms with van der Waals surface area (Å²) in [5.74, 6) is 0.581. The molecular formula is C18H24N2O. The van der Waals surface area contributed by atoms with Crippen molar-refractivity contribution in [2.45, 2.75) is 57.1 Å². The number of hydrogen-bond donors (Lipinski definition) is 1. The van der Waals surface area contributed by atoms with E-state index >= 15 is 0 Å². The predicted molar refractivity (Wildman–Crippen MR) is 84.1 cm³/mol. The smallest absolute Gasteiger partial charge is 0.0927 e. The molecule has 0 amide bonds. The minimum Gasteiger partial charge on any atom is -0.385 e. The van der Waals surface area contributed by atoms with Crippen molar-refractivity contribution >= 4 is 0 Å². The lowest BCUT2D eigenvalue weighted by Gasteiger charge is -2.35. The molecule has 1 aliphatic rings. The van der Waals surface area contributed by atoms with Gasteiger partial charge >= 0.3 is 0 Å². The van der Waals surface area contributed by atoms with Crippen LogP contribution in [0.5, 0.6) is 0 Å². The van der Waals surface area contributed by atoms with Gasteiger partial charge in [0.25, 0.3) is 0 Å². The minimum atomic E-state index is -0.683. The number of hydrogen-bond acceptors (Lipinski definition) is 2. The molecule has 1 aromatic carbocycles. The van der Waals surface area contributed by atoms with Crippen LogP contribution in [0.2, 0.25) is 0 Å². The maximum Gasteiger partial charge on any atom is 0.0927 e. The highest BCUT2D eigenvalue weighted by Crippen LogP contribution is 2.43. The van der Waals surface area contributed by atoms with Gasteiger partial charge in [0.05, 0.1) is 11.8 Å². The third kappa shape index (κ3) is 3.03. The van der Waals surface area contributed by atoms with Crippen molar-refractivity contribution in [2.75, 3.05) is 0 Å². The molecule has 1 saturated carbocycles. The van der Waals surface area contributed by atoms with Crippen LogP contribution in [0.3, 0.4) is 0 Å². The third-order valence-corrected chi connectivity index (χ3v) is 4.71. The molecule has 2 aromatic rings. The van der Waals surface area contributed by atoms with Crippen molar-refractivity contribution in [1.29, 1.82) is 0 Å². The van der Waals surface area contributed by atoms with Crippen molar-refractivity contribution in [2.24, 2.45) is 0 Å². The molecule has 0 unspecified atom stereocenters. The second kappa shape index (κ2) is 6.02. The Kier molecular flexibility index (Phi) is 4.11. The van der Waals surface area contributed by atoms with Gasteiger partial charge in [-0.05, 0) is 43.6 Å². The summed E-state index contributed by atoms with van der Waals surface area (Å²) < 4.78 is 1.94. The van der Waals surface area contributed by atoms with Crippen LogP contribution in [-0.4, -0.2) is 14.9 Å². The number of nitrogens with zero attached hydrogens (tertiary/aromatic N) is 2. The van der Waals surface area contributed by atoms with Gasteiger partial charge in [-0.2, -0.15) is 5.10 Å². The third-order valence-electron chi connectivity index (χ3n) is 4.71. The normalized spacial score (nSPS) is 25.9. The largest absolute Gasteiger partial charge is 0.385 e. The van der Waals surface area contributed by atoms with Crippen LogP contribution in [0, 0.1) is 0 Å². The van der Waals surface area contributed by atoms with Gasteiger partial charge in [-0.15, -0.1) is 0 Å². The average Bonchev–Trinajstić information content (AvgIpc) is 2.99. The number of rotatable bonds is 4. The fourth-order valence-corrected chi connectivity index (χ4v) is 3.40. The Labute approximate surface area is 126 Å². The van der Waals surface area contributed by atoms with E-state index < -0.39 is 5.60 Å². The molecule has 1 aliphatic carbocycles. The molecule has 3 heteroatoms. The van der Waals surface area contributed by atoms with Crippen LogP contribution < -0.4 is 0 Å². The summed E-state index contributed by atoms with van der Waals surface area (Å²) in [5, 5.41) is 15.3. The zero-order valence-electron chi connectivity index (χ0n) is 12.7. The average molecular weight is 284 g/mol. The highest BCUT2D eigenvalue weighted by atomic mass is 16.3. The number of aryl methyl sites for hydroxylation is 1. The van der Waals surface area contributed by atoms with Crippen molar-refractivity contribution < 1.29 is 5.11 Å². The van der Waals surface area contributed by atoms with Gasteiger partial charge in [0, 0.05) is 18.3 Å². The number of benzene rings is 1. The van der Waals surface area contributed by atoms with E-state index in [-0.39, 0.29) is 0 Å². The molecular weight excluding hydrogens is 260 g/mol. The molecule has 112 valence electrons. The van der Waals surface area contributed by atoms with Gasteiger partial charge in [0.15, 0.2) is 0 Å². The van der Waals surface area contributed by atoms with E-state index in [1.54, 1.807) is 0 Å². The summed E-state index contributed by atoms with van der Waals surface area (Å²) in [7, 11) is 0. The highest BCUT2D eigenvalue weighted by molar-refractivity contribution is 5.23. The molecule has 3 rings (SSSR count). The van der Waals surface area contributed by atoms with Gasteiger partial charge in [-0.1, -0.05) is 37.3 Å². The first-order valence-corrected chi connectivity index (χ1v) is 8.01. The Morgan fingerprint density at radius 1 is 1.24 bits per heavy atom. The molecule has 0 atom stereocenters. The lowest BCUT2D eigenvalue weighted by atomic mass is 9.74. The van der Waals surface area contributed by atoms with Crippen LogP contribution in [-0.2, 0) is 12.1 Å². The molecule has 0 radical (unpaired) electrons. The molecule has 1 fully saturated rings. The lowest BCUT2D eigenvalue weighted by Crippen LogP contribution is -2.30. The van der Waals surface area contributed by atoms with Gasteiger partial charge < -0.3 is 5.11 Å². The summed E-state index contributed by atoms with van der Waals surface area (Å²) in [6.07, 6.45) is 8.66. The highest BCUT2D eigenvalue weighted by Gasteiger charge is 2.36. The summed E-state index contributed by atoms with van der Waals surface area (Å²) in [5.41, 5.74) is 1.71. The summed E-state index contributed by atoms with van der Waals surface area (Å²) in [6, 6.07) is 10.7. The van der Waals surface area contributed by atoms with Gasteiger partial charge in [0.1, 0.15) is 0 Å². The fourth-order valence-electron chi connectivity index (χ4n) is 3.40. The maximum atomic E-state index is 10.9. The Morgan fingerprint density at radius 2 is 1.95 bits per heavy atom. The van der Waals surface area contributed by atoms with E-state index in [4.69, 9.17) is 0 Å². The van der Waals surface area contributed by atoms with E-state index in [0.29, 0.717) is 5.92 Å². The van der Waals surface area contributed by atoms with Gasteiger partial charge in [-0.3, -0.25) is 4.68 Å². The molecule has 0 saturated heterocycles. The molecule has 1 aromatic heterocycles. The number of aromatic nitrogens is 2.